The third kappa shape index (κ3) is 4.44. The largest absolute Gasteiger partial charge is 0.339 e. The molecule has 0 saturated carbocycles. The molecule has 138 valence electrons. The second kappa shape index (κ2) is 8.85. The molecule has 2 aliphatic rings. The molecule has 6 nitrogen and oxygen atoms in total. The van der Waals surface area contributed by atoms with Gasteiger partial charge >= 0.3 is 0 Å². The Labute approximate surface area is 160 Å². The molecule has 0 bridgehead atoms. The van der Waals surface area contributed by atoms with Crippen LogP contribution < -0.4 is 5.32 Å². The molecule has 0 aliphatic carbocycles. The van der Waals surface area contributed by atoms with Crippen molar-refractivity contribution in [1.29, 1.82) is 0 Å². The smallest absolute Gasteiger partial charge is 0.239 e. The van der Waals surface area contributed by atoms with E-state index in [2.05, 4.69) is 25.8 Å². The Kier molecular flexibility index (Phi) is 7.07. The predicted molar refractivity (Wildman–Crippen MR) is 103 cm³/mol. The van der Waals surface area contributed by atoms with Gasteiger partial charge in [0.25, 0.3) is 0 Å². The quantitative estimate of drug-likeness (QED) is 0.870. The van der Waals surface area contributed by atoms with E-state index >= 15 is 0 Å². The molecule has 8 heteroatoms. The molecule has 0 radical (unpaired) electrons. The molecule has 2 fully saturated rings. The molecule has 4 heterocycles. The summed E-state index contributed by atoms with van der Waals surface area (Å²) in [7, 11) is 0. The summed E-state index contributed by atoms with van der Waals surface area (Å²) in [5.74, 6) is 0.287. The summed E-state index contributed by atoms with van der Waals surface area (Å²) in [6.07, 6.45) is 6.22. The average Bonchev–Trinajstić information content (AvgIpc) is 3.24. The average molecular weight is 386 g/mol. The van der Waals surface area contributed by atoms with Crippen LogP contribution in [-0.4, -0.2) is 63.9 Å². The van der Waals surface area contributed by atoms with Gasteiger partial charge in [-0.25, -0.2) is 4.98 Å². The Morgan fingerprint density at radius 3 is 2.68 bits per heavy atom. The van der Waals surface area contributed by atoms with Gasteiger partial charge in [0.15, 0.2) is 0 Å². The fraction of sp³-hybridized carbons (Fsp3) is 0.529. The number of halogens is 2. The molecule has 0 spiro atoms. The van der Waals surface area contributed by atoms with Crippen LogP contribution in [0.3, 0.4) is 0 Å². The summed E-state index contributed by atoms with van der Waals surface area (Å²) in [6.45, 7) is 5.32. The van der Waals surface area contributed by atoms with Gasteiger partial charge in [0.1, 0.15) is 5.65 Å². The SMILES string of the molecule is Cl.Cl.O=C(C1CCCN1)N1CCN(Cc2cn3ccccc3n2)CC1. The van der Waals surface area contributed by atoms with Gasteiger partial charge in [-0.15, -0.1) is 24.8 Å². The van der Waals surface area contributed by atoms with Crippen molar-refractivity contribution < 1.29 is 4.79 Å². The highest BCUT2D eigenvalue weighted by atomic mass is 35.5. The zero-order chi connectivity index (χ0) is 15.6. The molecule has 1 unspecified atom stereocenters. The van der Waals surface area contributed by atoms with Gasteiger partial charge in [0, 0.05) is 45.1 Å². The third-order valence-electron chi connectivity index (χ3n) is 4.84. The van der Waals surface area contributed by atoms with Crippen LogP contribution >= 0.6 is 24.8 Å². The minimum Gasteiger partial charge on any atom is -0.339 e. The van der Waals surface area contributed by atoms with E-state index in [9.17, 15) is 4.79 Å². The zero-order valence-corrected chi connectivity index (χ0v) is 15.8. The zero-order valence-electron chi connectivity index (χ0n) is 14.1. The van der Waals surface area contributed by atoms with Crippen LogP contribution in [0.4, 0.5) is 0 Å². The lowest BCUT2D eigenvalue weighted by atomic mass is 10.2. The van der Waals surface area contributed by atoms with Crippen molar-refractivity contribution in [3.63, 3.8) is 0 Å². The highest BCUT2D eigenvalue weighted by Crippen LogP contribution is 2.13. The van der Waals surface area contributed by atoms with E-state index in [0.717, 1.165) is 63.5 Å². The maximum absolute atomic E-state index is 12.4. The summed E-state index contributed by atoms with van der Waals surface area (Å²) < 4.78 is 2.06. The van der Waals surface area contributed by atoms with Crippen LogP contribution in [0.5, 0.6) is 0 Å². The molecule has 2 saturated heterocycles. The number of fused-ring (bicyclic) bond motifs is 1. The van der Waals surface area contributed by atoms with Gasteiger partial charge in [-0.1, -0.05) is 6.07 Å². The maximum atomic E-state index is 12.4. The van der Waals surface area contributed by atoms with E-state index in [0.29, 0.717) is 0 Å². The van der Waals surface area contributed by atoms with Crippen LogP contribution in [0, 0.1) is 0 Å². The number of nitrogens with zero attached hydrogens (tertiary/aromatic N) is 4. The fourth-order valence-electron chi connectivity index (χ4n) is 3.53. The molecule has 1 N–H and O–H groups in total. The lowest BCUT2D eigenvalue weighted by Crippen LogP contribution is -2.52. The lowest BCUT2D eigenvalue weighted by molar-refractivity contribution is -0.134. The molecular formula is C17H25Cl2N5O. The van der Waals surface area contributed by atoms with E-state index in [1.54, 1.807) is 0 Å². The number of imidazole rings is 1. The summed E-state index contributed by atoms with van der Waals surface area (Å²) in [5, 5.41) is 3.30. The summed E-state index contributed by atoms with van der Waals surface area (Å²) in [4.78, 5) is 21.5. The molecule has 2 aromatic heterocycles. The van der Waals surface area contributed by atoms with Gasteiger partial charge in [0.05, 0.1) is 11.7 Å². The second-order valence-corrected chi connectivity index (χ2v) is 6.45. The summed E-state index contributed by atoms with van der Waals surface area (Å²) in [6, 6.07) is 6.10. The predicted octanol–water partition coefficient (Wildman–Crippen LogP) is 1.57. The van der Waals surface area contributed by atoms with Crippen LogP contribution in [-0.2, 0) is 11.3 Å². The van der Waals surface area contributed by atoms with E-state index in [4.69, 9.17) is 0 Å². The highest BCUT2D eigenvalue weighted by Gasteiger charge is 2.29. The lowest BCUT2D eigenvalue weighted by Gasteiger charge is -2.35. The molecule has 2 aromatic rings. The monoisotopic (exact) mass is 385 g/mol. The van der Waals surface area contributed by atoms with Gasteiger partial charge in [-0.2, -0.15) is 0 Å². The first-order valence-corrected chi connectivity index (χ1v) is 8.47. The minimum atomic E-state index is 0. The van der Waals surface area contributed by atoms with Crippen molar-refractivity contribution in [3.8, 4) is 0 Å². The Morgan fingerprint density at radius 1 is 1.20 bits per heavy atom. The summed E-state index contributed by atoms with van der Waals surface area (Å²) in [5.41, 5.74) is 2.08. The molecule has 2 aliphatic heterocycles. The number of aromatic nitrogens is 2. The second-order valence-electron chi connectivity index (χ2n) is 6.45. The van der Waals surface area contributed by atoms with E-state index in [1.165, 1.54) is 0 Å². The number of amides is 1. The topological polar surface area (TPSA) is 52.9 Å². The Hall–Kier alpha value is -1.34. The Balaban J connectivity index is 0.00000113. The van der Waals surface area contributed by atoms with Crippen molar-refractivity contribution in [3.05, 3.63) is 36.3 Å². The van der Waals surface area contributed by atoms with Crippen molar-refractivity contribution in [1.82, 2.24) is 24.5 Å². The molecule has 25 heavy (non-hydrogen) atoms. The number of nitrogens with one attached hydrogen (secondary N) is 1. The third-order valence-corrected chi connectivity index (χ3v) is 4.84. The van der Waals surface area contributed by atoms with E-state index in [1.807, 2.05) is 29.3 Å². The van der Waals surface area contributed by atoms with Crippen molar-refractivity contribution in [2.75, 3.05) is 32.7 Å². The normalized spacial score (nSPS) is 21.0. The maximum Gasteiger partial charge on any atom is 0.239 e. The molecule has 0 aromatic carbocycles. The van der Waals surface area contributed by atoms with Crippen LogP contribution in [0.2, 0.25) is 0 Å². The number of rotatable bonds is 3. The van der Waals surface area contributed by atoms with Gasteiger partial charge < -0.3 is 14.6 Å². The first-order valence-electron chi connectivity index (χ1n) is 8.47. The number of carbonyl (C=O) groups excluding carboxylic acids is 1. The fourth-order valence-corrected chi connectivity index (χ4v) is 3.53. The Bertz CT molecular complexity index is 660. The number of hydrogen-bond donors (Lipinski definition) is 1. The molecule has 1 amide bonds. The minimum absolute atomic E-state index is 0. The van der Waals surface area contributed by atoms with Gasteiger partial charge in [-0.3, -0.25) is 9.69 Å². The Morgan fingerprint density at radius 2 is 2.00 bits per heavy atom. The van der Waals surface area contributed by atoms with Crippen LogP contribution in [0.1, 0.15) is 18.5 Å². The first-order chi connectivity index (χ1) is 11.3. The van der Waals surface area contributed by atoms with Crippen molar-refractivity contribution >= 4 is 36.4 Å². The summed E-state index contributed by atoms with van der Waals surface area (Å²) >= 11 is 0. The molecular weight excluding hydrogens is 361 g/mol. The number of hydrogen-bond acceptors (Lipinski definition) is 4. The number of carbonyl (C=O) groups is 1. The molecule has 1 atom stereocenters. The number of piperazine rings is 1. The van der Waals surface area contributed by atoms with E-state index < -0.39 is 0 Å². The first kappa shape index (κ1) is 20.0. The van der Waals surface area contributed by atoms with Crippen LogP contribution in [0.25, 0.3) is 5.65 Å². The van der Waals surface area contributed by atoms with Crippen molar-refractivity contribution in [2.24, 2.45) is 0 Å². The van der Waals surface area contributed by atoms with Gasteiger partial charge in [0.2, 0.25) is 5.91 Å². The van der Waals surface area contributed by atoms with Crippen LogP contribution in [0.15, 0.2) is 30.6 Å². The van der Waals surface area contributed by atoms with Crippen molar-refractivity contribution in [2.45, 2.75) is 25.4 Å². The standard InChI is InChI=1S/C17H23N5O.2ClH/c23-17(15-4-3-6-18-15)21-10-8-20(9-11-21)12-14-13-22-7-2-1-5-16(22)19-14;;/h1-2,5,7,13,15,18H,3-4,6,8-12H2;2*1H. The van der Waals surface area contributed by atoms with E-state index in [-0.39, 0.29) is 36.8 Å². The number of pyridine rings is 1. The highest BCUT2D eigenvalue weighted by molar-refractivity contribution is 5.85. The van der Waals surface area contributed by atoms with Gasteiger partial charge in [-0.05, 0) is 31.5 Å². The molecule has 4 rings (SSSR count).